The molecule has 0 heterocycles. The number of hydrogen-bond donors (Lipinski definition) is 2. The molecular weight excluding hydrogens is 880 g/mol. The first-order chi connectivity index (χ1) is 33.2. The van der Waals surface area contributed by atoms with Gasteiger partial charge in [-0.2, -0.15) is 0 Å². The fraction of sp³-hybridized carbons (Fsp3) is 0.875. The Kier molecular flexibility index (Phi) is 49.8. The van der Waals surface area contributed by atoms with E-state index < -0.39 is 57.8 Å². The minimum Gasteiger partial charge on any atom is -0.462 e. The van der Waals surface area contributed by atoms with E-state index in [-0.39, 0.29) is 25.9 Å². The van der Waals surface area contributed by atoms with Gasteiger partial charge in [-0.1, -0.05) is 218 Å². The molecule has 0 amide bonds. The largest absolute Gasteiger partial charge is 0.472 e. The highest BCUT2D eigenvalue weighted by Crippen LogP contribution is 2.43. The maximum absolute atomic E-state index is 12.9. The van der Waals surface area contributed by atoms with E-state index in [2.05, 4.69) is 45.1 Å². The second-order valence-electron chi connectivity index (χ2n) is 19.1. The monoisotopic (exact) mass is 985 g/mol. The van der Waals surface area contributed by atoms with Crippen LogP contribution in [-0.2, 0) is 42.2 Å². The van der Waals surface area contributed by atoms with Crippen molar-refractivity contribution < 1.29 is 52.2 Å². The fourth-order valence-corrected chi connectivity index (χ4v) is 8.76. The zero-order chi connectivity index (χ0) is 49.9. The number of aliphatic hydroxyl groups is 1. The summed E-state index contributed by atoms with van der Waals surface area (Å²) in [6, 6.07) is 0. The number of phosphoric ester groups is 1. The highest BCUT2D eigenvalue weighted by molar-refractivity contribution is 7.47. The van der Waals surface area contributed by atoms with Crippen LogP contribution in [0.3, 0.4) is 0 Å². The molecule has 12 heteroatoms. The van der Waals surface area contributed by atoms with E-state index in [4.69, 9.17) is 23.3 Å². The van der Waals surface area contributed by atoms with E-state index in [0.29, 0.717) is 19.3 Å². The van der Waals surface area contributed by atoms with Crippen LogP contribution in [0.15, 0.2) is 24.3 Å². The van der Waals surface area contributed by atoms with E-state index in [1.54, 1.807) is 0 Å². The number of esters is 3. The zero-order valence-corrected chi connectivity index (χ0v) is 45.0. The number of carbonyl (C=O) groups is 3. The van der Waals surface area contributed by atoms with Crippen LogP contribution in [0.25, 0.3) is 0 Å². The Balaban J connectivity index is 4.68. The van der Waals surface area contributed by atoms with Crippen molar-refractivity contribution >= 4 is 25.7 Å². The number of unbranched alkanes of at least 4 members (excludes halogenated alkanes) is 32. The minimum atomic E-state index is -4.74. The molecule has 68 heavy (non-hydrogen) atoms. The molecule has 0 radical (unpaired) electrons. The minimum absolute atomic E-state index is 0.162. The molecule has 3 unspecified atom stereocenters. The van der Waals surface area contributed by atoms with Crippen LogP contribution in [0.1, 0.15) is 278 Å². The third kappa shape index (κ3) is 49.0. The van der Waals surface area contributed by atoms with Crippen molar-refractivity contribution in [2.45, 2.75) is 290 Å². The number of aliphatic hydroxyl groups excluding tert-OH is 1. The smallest absolute Gasteiger partial charge is 0.462 e. The zero-order valence-electron chi connectivity index (χ0n) is 44.1. The fourth-order valence-electron chi connectivity index (χ4n) is 7.98. The lowest BCUT2D eigenvalue weighted by atomic mass is 10.0. The molecule has 0 saturated carbocycles. The Hall–Kier alpha value is -2.04. The van der Waals surface area contributed by atoms with E-state index in [1.807, 2.05) is 0 Å². The molecular formula is C56H105O11P. The Labute approximate surface area is 417 Å². The van der Waals surface area contributed by atoms with E-state index in [1.165, 1.54) is 122 Å². The van der Waals surface area contributed by atoms with Crippen LogP contribution >= 0.6 is 7.82 Å². The van der Waals surface area contributed by atoms with Gasteiger partial charge < -0.3 is 24.2 Å². The molecule has 0 fully saturated rings. The lowest BCUT2D eigenvalue weighted by Crippen LogP contribution is -2.30. The summed E-state index contributed by atoms with van der Waals surface area (Å²) in [5, 5.41) is 9.77. The number of carbonyl (C=O) groups excluding carboxylic acids is 3. The highest BCUT2D eigenvalue weighted by Gasteiger charge is 2.28. The summed E-state index contributed by atoms with van der Waals surface area (Å²) in [4.78, 5) is 48.4. The third-order valence-electron chi connectivity index (χ3n) is 12.3. The normalized spacial score (nSPS) is 13.5. The summed E-state index contributed by atoms with van der Waals surface area (Å²) >= 11 is 0. The highest BCUT2D eigenvalue weighted by atomic mass is 31.2. The maximum Gasteiger partial charge on any atom is 0.472 e. The molecule has 0 spiro atoms. The lowest BCUT2D eigenvalue weighted by molar-refractivity contribution is -0.161. The van der Waals surface area contributed by atoms with E-state index in [0.717, 1.165) is 96.3 Å². The Bertz CT molecular complexity index is 1240. The predicted octanol–water partition coefficient (Wildman–Crippen LogP) is 16.3. The van der Waals surface area contributed by atoms with Crippen molar-refractivity contribution in [3.05, 3.63) is 24.3 Å². The van der Waals surface area contributed by atoms with Crippen molar-refractivity contribution in [1.29, 1.82) is 0 Å². The molecule has 0 bridgehead atoms. The summed E-state index contributed by atoms with van der Waals surface area (Å²) in [6.07, 6.45) is 50.0. The first kappa shape index (κ1) is 66.0. The van der Waals surface area contributed by atoms with Crippen molar-refractivity contribution in [1.82, 2.24) is 0 Å². The summed E-state index contributed by atoms with van der Waals surface area (Å²) in [5.41, 5.74) is 0. The average molecular weight is 985 g/mol. The molecule has 0 aromatic heterocycles. The van der Waals surface area contributed by atoms with Gasteiger partial charge in [0, 0.05) is 19.3 Å². The number of hydrogen-bond acceptors (Lipinski definition) is 10. The summed E-state index contributed by atoms with van der Waals surface area (Å²) < 4.78 is 39.4. The van der Waals surface area contributed by atoms with Crippen LogP contribution < -0.4 is 0 Å². The topological polar surface area (TPSA) is 155 Å². The number of phosphoric acid groups is 1. The van der Waals surface area contributed by atoms with Gasteiger partial charge in [-0.05, 0) is 64.2 Å². The van der Waals surface area contributed by atoms with Gasteiger partial charge in [-0.25, -0.2) is 4.57 Å². The summed E-state index contributed by atoms with van der Waals surface area (Å²) in [6.45, 7) is 4.60. The van der Waals surface area contributed by atoms with Crippen molar-refractivity contribution in [2.24, 2.45) is 0 Å². The standard InChI is InChI=1S/C56H105O11P/c1-4-7-10-13-16-19-22-24-25-26-27-29-31-33-36-39-42-45-54(58)63-49-53(67-56(60)47-44-41-38-35-32-28-23-20-17-14-11-8-5-2)51-65-68(61,62)64-50-52(48-57)66-55(59)46-43-40-37-34-30-21-18-15-12-9-6-3/h15,18,20,23,52-53,57H,4-14,16-17,19,21-22,24-51H2,1-3H3,(H,61,62)/b18-15-,23-20-. The summed E-state index contributed by atoms with van der Waals surface area (Å²) in [5.74, 6) is -1.46. The van der Waals surface area contributed by atoms with Gasteiger partial charge in [0.15, 0.2) is 6.10 Å². The molecule has 3 atom stereocenters. The van der Waals surface area contributed by atoms with E-state index >= 15 is 0 Å². The first-order valence-electron chi connectivity index (χ1n) is 28.2. The van der Waals surface area contributed by atoms with Gasteiger partial charge in [-0.3, -0.25) is 23.4 Å². The van der Waals surface area contributed by atoms with Gasteiger partial charge >= 0.3 is 25.7 Å². The second kappa shape index (κ2) is 51.3. The van der Waals surface area contributed by atoms with Gasteiger partial charge in [0.25, 0.3) is 0 Å². The molecule has 2 N–H and O–H groups in total. The third-order valence-corrected chi connectivity index (χ3v) is 13.3. The van der Waals surface area contributed by atoms with Crippen LogP contribution in [0.5, 0.6) is 0 Å². The molecule has 400 valence electrons. The second-order valence-corrected chi connectivity index (χ2v) is 20.6. The predicted molar refractivity (Wildman–Crippen MR) is 280 cm³/mol. The molecule has 0 aliphatic carbocycles. The van der Waals surface area contributed by atoms with E-state index in [9.17, 15) is 28.9 Å². The maximum atomic E-state index is 12.9. The first-order valence-corrected chi connectivity index (χ1v) is 29.7. The molecule has 0 aliphatic heterocycles. The lowest BCUT2D eigenvalue weighted by Gasteiger charge is -2.21. The SMILES string of the molecule is CCCC/C=C\CCCCCCCC(=O)OC(CO)COP(=O)(O)OCC(COC(=O)CCCCCCCCCCCCCCCCCCC)OC(=O)CCCCCCC/C=C\CCCCCC. The van der Waals surface area contributed by atoms with Gasteiger partial charge in [0.1, 0.15) is 12.7 Å². The number of ether oxygens (including phenoxy) is 3. The average Bonchev–Trinajstić information content (AvgIpc) is 3.32. The molecule has 11 nitrogen and oxygen atoms in total. The van der Waals surface area contributed by atoms with Crippen LogP contribution in [-0.4, -0.2) is 66.5 Å². The Morgan fingerprint density at radius 1 is 0.397 bits per heavy atom. The molecule has 0 rings (SSSR count). The van der Waals surface area contributed by atoms with Crippen LogP contribution in [0, 0.1) is 0 Å². The molecule has 0 aliphatic rings. The molecule has 0 aromatic rings. The van der Waals surface area contributed by atoms with Gasteiger partial charge in [0.2, 0.25) is 0 Å². The molecule has 0 aromatic carbocycles. The van der Waals surface area contributed by atoms with Crippen LogP contribution in [0.2, 0.25) is 0 Å². The van der Waals surface area contributed by atoms with Gasteiger partial charge in [-0.15, -0.1) is 0 Å². The Morgan fingerprint density at radius 2 is 0.691 bits per heavy atom. The van der Waals surface area contributed by atoms with Crippen molar-refractivity contribution in [3.8, 4) is 0 Å². The Morgan fingerprint density at radius 3 is 1.07 bits per heavy atom. The number of allylic oxidation sites excluding steroid dienone is 4. The van der Waals surface area contributed by atoms with Crippen LogP contribution in [0.4, 0.5) is 0 Å². The van der Waals surface area contributed by atoms with Crippen molar-refractivity contribution in [3.63, 3.8) is 0 Å². The van der Waals surface area contributed by atoms with Crippen molar-refractivity contribution in [2.75, 3.05) is 26.4 Å². The number of rotatable bonds is 53. The van der Waals surface area contributed by atoms with Gasteiger partial charge in [0.05, 0.1) is 19.8 Å². The quantitative estimate of drug-likeness (QED) is 0.0197. The molecule has 0 saturated heterocycles. The summed E-state index contributed by atoms with van der Waals surface area (Å²) in [7, 11) is -4.74.